The Morgan fingerprint density at radius 2 is 2.26 bits per heavy atom. The van der Waals surface area contributed by atoms with Gasteiger partial charge >= 0.3 is 0 Å². The van der Waals surface area contributed by atoms with E-state index in [1.807, 2.05) is 13.8 Å². The van der Waals surface area contributed by atoms with Gasteiger partial charge in [-0.15, -0.1) is 0 Å². The van der Waals surface area contributed by atoms with Gasteiger partial charge in [-0.1, -0.05) is 19.0 Å². The molecule has 0 bridgehead atoms. The van der Waals surface area contributed by atoms with Gasteiger partial charge in [0.2, 0.25) is 11.8 Å². The summed E-state index contributed by atoms with van der Waals surface area (Å²) in [6.45, 7) is 4.76. The quantitative estimate of drug-likeness (QED) is 0.615. The first-order valence-corrected chi connectivity index (χ1v) is 8.70. The Labute approximate surface area is 157 Å². The van der Waals surface area contributed by atoms with E-state index < -0.39 is 0 Å². The lowest BCUT2D eigenvalue weighted by Gasteiger charge is -2.49. The second-order valence-electron chi connectivity index (χ2n) is 7.05. The average molecular weight is 373 g/mol. The van der Waals surface area contributed by atoms with Crippen molar-refractivity contribution in [2.45, 2.75) is 45.4 Å². The van der Waals surface area contributed by atoms with Gasteiger partial charge in [-0.25, -0.2) is 4.98 Å². The van der Waals surface area contributed by atoms with Crippen LogP contribution in [-0.2, 0) is 17.8 Å². The van der Waals surface area contributed by atoms with Crippen molar-refractivity contribution < 1.29 is 14.4 Å². The summed E-state index contributed by atoms with van der Waals surface area (Å²) in [6.07, 6.45) is 2.23. The minimum Gasteiger partial charge on any atom is -0.392 e. The van der Waals surface area contributed by atoms with Crippen LogP contribution in [0.25, 0.3) is 0 Å². The highest BCUT2D eigenvalue weighted by atomic mass is 16.5. The summed E-state index contributed by atoms with van der Waals surface area (Å²) in [5.74, 6) is 1.84. The van der Waals surface area contributed by atoms with Crippen LogP contribution in [0.5, 0.6) is 0 Å². The van der Waals surface area contributed by atoms with Crippen LogP contribution in [0.15, 0.2) is 10.7 Å². The van der Waals surface area contributed by atoms with Crippen LogP contribution in [0.2, 0.25) is 0 Å². The van der Waals surface area contributed by atoms with Crippen LogP contribution in [0.3, 0.4) is 0 Å². The molecule has 1 saturated carbocycles. The van der Waals surface area contributed by atoms with Crippen LogP contribution in [-0.4, -0.2) is 51.0 Å². The van der Waals surface area contributed by atoms with Crippen LogP contribution < -0.4 is 10.6 Å². The van der Waals surface area contributed by atoms with E-state index in [1.54, 1.807) is 7.11 Å². The molecule has 0 aliphatic heterocycles. The number of aromatic nitrogens is 4. The monoisotopic (exact) mass is 373 g/mol. The lowest BCUT2D eigenvalue weighted by Crippen LogP contribution is -2.57. The maximum Gasteiger partial charge on any atom is 0.228 e. The molecule has 1 aliphatic carbocycles. The number of aliphatic hydroxyl groups is 1. The molecular formula is C17H23N7O3. The van der Waals surface area contributed by atoms with Crippen molar-refractivity contribution in [3.05, 3.63) is 23.5 Å². The molecule has 0 amide bonds. The highest BCUT2D eigenvalue weighted by Gasteiger charge is 2.47. The second kappa shape index (κ2) is 7.85. The lowest BCUT2D eigenvalue weighted by molar-refractivity contribution is -0.0511. The van der Waals surface area contributed by atoms with Gasteiger partial charge in [0.05, 0.1) is 12.3 Å². The van der Waals surface area contributed by atoms with E-state index in [2.05, 4.69) is 36.8 Å². The molecule has 2 aromatic heterocycles. The summed E-state index contributed by atoms with van der Waals surface area (Å²) < 4.78 is 10.1. The van der Waals surface area contributed by atoms with Crippen LogP contribution in [0.1, 0.15) is 37.5 Å². The first-order valence-electron chi connectivity index (χ1n) is 8.70. The summed E-state index contributed by atoms with van der Waals surface area (Å²) in [6, 6.07) is 2.13. The predicted octanol–water partition coefficient (Wildman–Crippen LogP) is 1.10. The largest absolute Gasteiger partial charge is 0.392 e. The Bertz CT molecular complexity index is 830. The molecule has 2 heterocycles. The predicted molar refractivity (Wildman–Crippen MR) is 95.8 cm³/mol. The molecule has 3 N–H and O–H groups in total. The summed E-state index contributed by atoms with van der Waals surface area (Å²) >= 11 is 0. The SMILES string of the molecule is COCc1noc(CCNc2ncc(C#N)c(NC3C[C@H](O)C3(C)C)n2)n1. The zero-order valence-corrected chi connectivity index (χ0v) is 15.6. The molecule has 1 unspecified atom stereocenters. The Morgan fingerprint density at radius 3 is 2.93 bits per heavy atom. The maximum atomic E-state index is 9.89. The molecule has 0 radical (unpaired) electrons. The number of rotatable bonds is 8. The molecule has 0 aromatic carbocycles. The number of hydrogen-bond donors (Lipinski definition) is 3. The molecule has 2 atom stereocenters. The van der Waals surface area contributed by atoms with Gasteiger partial charge in [-0.05, 0) is 6.42 Å². The van der Waals surface area contributed by atoms with Crippen molar-refractivity contribution in [3.8, 4) is 6.07 Å². The van der Waals surface area contributed by atoms with E-state index in [-0.39, 0.29) is 17.6 Å². The molecule has 1 fully saturated rings. The molecule has 144 valence electrons. The molecule has 10 heteroatoms. The molecule has 10 nitrogen and oxygen atoms in total. The molecule has 2 aromatic rings. The van der Waals surface area contributed by atoms with Gasteiger partial charge < -0.3 is 25.0 Å². The van der Waals surface area contributed by atoms with Gasteiger partial charge in [-0.3, -0.25) is 0 Å². The van der Waals surface area contributed by atoms with Crippen molar-refractivity contribution in [2.75, 3.05) is 24.3 Å². The second-order valence-corrected chi connectivity index (χ2v) is 7.05. The molecule has 27 heavy (non-hydrogen) atoms. The molecular weight excluding hydrogens is 350 g/mol. The van der Waals surface area contributed by atoms with E-state index in [9.17, 15) is 10.4 Å². The first kappa shape index (κ1) is 19.0. The van der Waals surface area contributed by atoms with Crippen molar-refractivity contribution in [1.82, 2.24) is 20.1 Å². The first-order chi connectivity index (χ1) is 12.9. The number of methoxy groups -OCH3 is 1. The maximum absolute atomic E-state index is 9.89. The van der Waals surface area contributed by atoms with Crippen LogP contribution in [0, 0.1) is 16.7 Å². The number of nitrogens with one attached hydrogen (secondary N) is 2. The fourth-order valence-electron chi connectivity index (χ4n) is 2.83. The van der Waals surface area contributed by atoms with E-state index in [1.165, 1.54) is 6.20 Å². The van der Waals surface area contributed by atoms with E-state index in [0.29, 0.717) is 55.0 Å². The highest BCUT2D eigenvalue weighted by Crippen LogP contribution is 2.42. The Morgan fingerprint density at radius 1 is 1.44 bits per heavy atom. The minimum absolute atomic E-state index is 0.0416. The molecule has 0 spiro atoms. The van der Waals surface area contributed by atoms with Crippen molar-refractivity contribution in [1.29, 1.82) is 5.26 Å². The van der Waals surface area contributed by atoms with Crippen LogP contribution in [0.4, 0.5) is 11.8 Å². The number of hydrogen-bond acceptors (Lipinski definition) is 10. The number of nitriles is 1. The number of anilines is 2. The van der Waals surface area contributed by atoms with Crippen molar-refractivity contribution >= 4 is 11.8 Å². The lowest BCUT2D eigenvalue weighted by atomic mass is 9.64. The van der Waals surface area contributed by atoms with E-state index in [4.69, 9.17) is 9.26 Å². The third-order valence-corrected chi connectivity index (χ3v) is 4.84. The van der Waals surface area contributed by atoms with Crippen molar-refractivity contribution in [3.63, 3.8) is 0 Å². The summed E-state index contributed by atoms with van der Waals surface area (Å²) in [4.78, 5) is 12.7. The highest BCUT2D eigenvalue weighted by molar-refractivity contribution is 5.54. The third-order valence-electron chi connectivity index (χ3n) is 4.84. The number of ether oxygens (including phenoxy) is 1. The van der Waals surface area contributed by atoms with Gasteiger partial charge in [0.1, 0.15) is 24.1 Å². The van der Waals surface area contributed by atoms with Gasteiger partial charge in [0.25, 0.3) is 0 Å². The molecule has 1 aliphatic rings. The standard InChI is InChI=1S/C17H23N7O3/c1-17(2)11(6-12(17)25)21-15-10(7-18)8-20-16(23-15)19-5-4-14-22-13(9-26-3)24-27-14/h8,11-12,25H,4-6,9H2,1-3H3,(H2,19,20,21,23)/t11?,12-/m0/s1. The third kappa shape index (κ3) is 4.15. The molecule has 3 rings (SSSR count). The Balaban J connectivity index is 1.60. The smallest absolute Gasteiger partial charge is 0.228 e. The normalized spacial score (nSPS) is 20.6. The van der Waals surface area contributed by atoms with Gasteiger partial charge in [-0.2, -0.15) is 15.2 Å². The Hall–Kier alpha value is -2.77. The van der Waals surface area contributed by atoms with Gasteiger partial charge in [0.15, 0.2) is 5.82 Å². The number of nitrogens with zero attached hydrogens (tertiary/aromatic N) is 5. The van der Waals surface area contributed by atoms with Crippen LogP contribution >= 0.6 is 0 Å². The van der Waals surface area contributed by atoms with E-state index >= 15 is 0 Å². The Kier molecular flexibility index (Phi) is 5.53. The zero-order chi connectivity index (χ0) is 19.4. The minimum atomic E-state index is -0.364. The van der Waals surface area contributed by atoms with Crippen molar-refractivity contribution in [2.24, 2.45) is 5.41 Å². The topological polar surface area (TPSA) is 142 Å². The summed E-state index contributed by atoms with van der Waals surface area (Å²) in [5, 5.41) is 29.3. The fourth-order valence-corrected chi connectivity index (χ4v) is 2.83. The average Bonchev–Trinajstić information content (AvgIpc) is 3.09. The van der Waals surface area contributed by atoms with E-state index in [0.717, 1.165) is 0 Å². The fraction of sp³-hybridized carbons (Fsp3) is 0.588. The molecule has 0 saturated heterocycles. The van der Waals surface area contributed by atoms with Gasteiger partial charge in [0, 0.05) is 31.5 Å². The summed E-state index contributed by atoms with van der Waals surface area (Å²) in [7, 11) is 1.57. The summed E-state index contributed by atoms with van der Waals surface area (Å²) in [5.41, 5.74) is 0.0854. The zero-order valence-electron chi connectivity index (χ0n) is 15.6. The number of aliphatic hydroxyl groups excluding tert-OH is 1.